The Labute approximate surface area is 56.6 Å². The molecule has 0 aliphatic carbocycles. The van der Waals surface area contributed by atoms with E-state index in [0.717, 1.165) is 0 Å². The Morgan fingerprint density at radius 3 is 2.10 bits per heavy atom. The van der Waals surface area contributed by atoms with Crippen LogP contribution in [0.2, 0.25) is 0 Å². The minimum atomic E-state index is -4.28. The third kappa shape index (κ3) is 4.17. The summed E-state index contributed by atoms with van der Waals surface area (Å²) in [5.74, 6) is 0. The first-order valence-electron chi connectivity index (χ1n) is 2.75. The molecule has 60 valence electrons. The van der Waals surface area contributed by atoms with Gasteiger partial charge in [-0.3, -0.25) is 4.79 Å². The lowest BCUT2D eigenvalue weighted by Gasteiger charge is -2.16. The van der Waals surface area contributed by atoms with Crippen molar-refractivity contribution in [3.8, 4) is 0 Å². The molecule has 0 unspecified atom stereocenters. The molecule has 1 amide bonds. The highest BCUT2D eigenvalue weighted by Crippen LogP contribution is 2.14. The second kappa shape index (κ2) is 3.43. The number of rotatable bonds is 3. The van der Waals surface area contributed by atoms with Gasteiger partial charge in [0.2, 0.25) is 6.41 Å². The summed E-state index contributed by atoms with van der Waals surface area (Å²) in [5, 5.41) is 0. The van der Waals surface area contributed by atoms with Gasteiger partial charge in [0, 0.05) is 6.54 Å². The van der Waals surface area contributed by atoms with Gasteiger partial charge in [-0.15, -0.1) is 0 Å². The van der Waals surface area contributed by atoms with E-state index in [0.29, 0.717) is 4.90 Å². The van der Waals surface area contributed by atoms with E-state index in [-0.39, 0.29) is 13.0 Å². The minimum absolute atomic E-state index is 0.0863. The van der Waals surface area contributed by atoms with Crippen molar-refractivity contribution in [2.24, 2.45) is 0 Å². The largest absolute Gasteiger partial charge is 0.406 e. The van der Waals surface area contributed by atoms with E-state index in [1.807, 2.05) is 0 Å². The topological polar surface area (TPSA) is 20.3 Å². The van der Waals surface area contributed by atoms with Gasteiger partial charge < -0.3 is 4.90 Å². The van der Waals surface area contributed by atoms with Gasteiger partial charge in [-0.1, -0.05) is 0 Å². The molecule has 10 heavy (non-hydrogen) atoms. The average Bonchev–Trinajstić information content (AvgIpc) is 1.81. The normalized spacial score (nSPS) is 11.2. The Morgan fingerprint density at radius 2 is 2.00 bits per heavy atom. The average molecular weight is 155 g/mol. The standard InChI is InChI=1S/C5H8F3NO/c1-2-9(4-10)3-5(6,7)8/h4H,2-3H2,1H3. The van der Waals surface area contributed by atoms with Crippen LogP contribution < -0.4 is 0 Å². The molecule has 0 radical (unpaired) electrons. The molecule has 0 spiro atoms. The zero-order chi connectivity index (χ0) is 8.20. The molecule has 0 fully saturated rings. The summed E-state index contributed by atoms with van der Waals surface area (Å²) in [5.41, 5.74) is 0. The van der Waals surface area contributed by atoms with Crippen molar-refractivity contribution in [2.75, 3.05) is 13.1 Å². The lowest BCUT2D eigenvalue weighted by Crippen LogP contribution is -2.32. The molecule has 0 N–H and O–H groups in total. The van der Waals surface area contributed by atoms with Gasteiger partial charge in [0.25, 0.3) is 0 Å². The van der Waals surface area contributed by atoms with Crippen molar-refractivity contribution < 1.29 is 18.0 Å². The summed E-state index contributed by atoms with van der Waals surface area (Å²) in [6, 6.07) is 0. The van der Waals surface area contributed by atoms with E-state index >= 15 is 0 Å². The fraction of sp³-hybridized carbons (Fsp3) is 0.800. The van der Waals surface area contributed by atoms with E-state index in [2.05, 4.69) is 0 Å². The summed E-state index contributed by atoms with van der Waals surface area (Å²) in [6.45, 7) is 0.413. The van der Waals surface area contributed by atoms with Crippen molar-refractivity contribution in [3.63, 3.8) is 0 Å². The fourth-order valence-corrected chi connectivity index (χ4v) is 0.454. The molecule has 0 aromatic carbocycles. The highest BCUT2D eigenvalue weighted by molar-refractivity contribution is 5.46. The van der Waals surface area contributed by atoms with Crippen molar-refractivity contribution >= 4 is 6.41 Å². The van der Waals surface area contributed by atoms with Crippen LogP contribution in [0.4, 0.5) is 13.2 Å². The number of halogens is 3. The van der Waals surface area contributed by atoms with E-state index < -0.39 is 12.7 Å². The van der Waals surface area contributed by atoms with Crippen LogP contribution in [-0.2, 0) is 4.79 Å². The molecule has 0 aromatic heterocycles. The quantitative estimate of drug-likeness (QED) is 0.557. The Balaban J connectivity index is 3.74. The zero-order valence-corrected chi connectivity index (χ0v) is 5.48. The molecule has 0 aromatic rings. The zero-order valence-electron chi connectivity index (χ0n) is 5.48. The number of hydrogen-bond donors (Lipinski definition) is 0. The van der Waals surface area contributed by atoms with Crippen LogP contribution in [0.5, 0.6) is 0 Å². The van der Waals surface area contributed by atoms with Gasteiger partial charge in [0.15, 0.2) is 0 Å². The Kier molecular flexibility index (Phi) is 3.18. The number of amides is 1. The number of carbonyl (C=O) groups is 1. The fourth-order valence-electron chi connectivity index (χ4n) is 0.454. The molecular weight excluding hydrogens is 147 g/mol. The third-order valence-corrected chi connectivity index (χ3v) is 0.938. The Morgan fingerprint density at radius 1 is 1.50 bits per heavy atom. The predicted octanol–water partition coefficient (Wildman–Crippen LogP) is 1.03. The third-order valence-electron chi connectivity index (χ3n) is 0.938. The van der Waals surface area contributed by atoms with Crippen molar-refractivity contribution in [3.05, 3.63) is 0 Å². The molecule has 0 bridgehead atoms. The molecule has 0 saturated carbocycles. The summed E-state index contributed by atoms with van der Waals surface area (Å²) in [7, 11) is 0. The van der Waals surface area contributed by atoms with Crippen LogP contribution in [0.3, 0.4) is 0 Å². The summed E-state index contributed by atoms with van der Waals surface area (Å²) >= 11 is 0. The number of hydrogen-bond acceptors (Lipinski definition) is 1. The SMILES string of the molecule is CCN(C=O)CC(F)(F)F. The summed E-state index contributed by atoms with van der Waals surface area (Å²) < 4.78 is 34.4. The monoisotopic (exact) mass is 155 g/mol. The first-order valence-corrected chi connectivity index (χ1v) is 2.75. The second-order valence-electron chi connectivity index (χ2n) is 1.78. The smallest absolute Gasteiger partial charge is 0.336 e. The Hall–Kier alpha value is -0.740. The van der Waals surface area contributed by atoms with Crippen LogP contribution in [0.25, 0.3) is 0 Å². The van der Waals surface area contributed by atoms with Crippen LogP contribution in [-0.4, -0.2) is 30.6 Å². The van der Waals surface area contributed by atoms with Gasteiger partial charge in [-0.05, 0) is 6.92 Å². The molecule has 2 nitrogen and oxygen atoms in total. The van der Waals surface area contributed by atoms with Crippen molar-refractivity contribution in [1.29, 1.82) is 0 Å². The van der Waals surface area contributed by atoms with Gasteiger partial charge in [0.05, 0.1) is 0 Å². The molecule has 0 saturated heterocycles. The van der Waals surface area contributed by atoms with Crippen LogP contribution in [0, 0.1) is 0 Å². The van der Waals surface area contributed by atoms with Gasteiger partial charge in [-0.25, -0.2) is 0 Å². The molecule has 0 aliphatic heterocycles. The van der Waals surface area contributed by atoms with E-state index in [9.17, 15) is 18.0 Å². The van der Waals surface area contributed by atoms with E-state index in [4.69, 9.17) is 0 Å². The summed E-state index contributed by atoms with van der Waals surface area (Å²) in [4.78, 5) is 10.5. The highest BCUT2D eigenvalue weighted by Gasteiger charge is 2.29. The molecular formula is C5H8F3NO. The molecule has 0 aliphatic rings. The number of nitrogens with zero attached hydrogens (tertiary/aromatic N) is 1. The Bertz CT molecular complexity index is 112. The van der Waals surface area contributed by atoms with Gasteiger partial charge >= 0.3 is 6.18 Å². The van der Waals surface area contributed by atoms with E-state index in [1.165, 1.54) is 6.92 Å². The minimum Gasteiger partial charge on any atom is -0.336 e. The predicted molar refractivity (Wildman–Crippen MR) is 29.4 cm³/mol. The first-order chi connectivity index (χ1) is 4.49. The molecule has 0 heterocycles. The van der Waals surface area contributed by atoms with Gasteiger partial charge in [0.1, 0.15) is 6.54 Å². The van der Waals surface area contributed by atoms with Crippen LogP contribution >= 0.6 is 0 Å². The van der Waals surface area contributed by atoms with Gasteiger partial charge in [-0.2, -0.15) is 13.2 Å². The van der Waals surface area contributed by atoms with Crippen LogP contribution in [0.15, 0.2) is 0 Å². The van der Waals surface area contributed by atoms with Crippen LogP contribution in [0.1, 0.15) is 6.92 Å². The molecule has 5 heteroatoms. The first kappa shape index (κ1) is 9.26. The van der Waals surface area contributed by atoms with Crippen molar-refractivity contribution in [2.45, 2.75) is 13.1 Å². The second-order valence-corrected chi connectivity index (χ2v) is 1.78. The maximum Gasteiger partial charge on any atom is 0.406 e. The maximum atomic E-state index is 11.5. The number of carbonyl (C=O) groups excluding carboxylic acids is 1. The lowest BCUT2D eigenvalue weighted by atomic mass is 10.5. The summed E-state index contributed by atoms with van der Waals surface area (Å²) in [6.07, 6.45) is -4.09. The number of alkyl halides is 3. The molecule has 0 rings (SSSR count). The maximum absolute atomic E-state index is 11.5. The lowest BCUT2D eigenvalue weighted by molar-refractivity contribution is -0.153. The highest BCUT2D eigenvalue weighted by atomic mass is 19.4. The van der Waals surface area contributed by atoms with Crippen molar-refractivity contribution in [1.82, 2.24) is 4.90 Å². The molecule has 0 atom stereocenters. The van der Waals surface area contributed by atoms with E-state index in [1.54, 1.807) is 0 Å².